The fourth-order valence-corrected chi connectivity index (χ4v) is 3.99. The summed E-state index contributed by atoms with van der Waals surface area (Å²) in [5.41, 5.74) is 4.92. The highest BCUT2D eigenvalue weighted by Gasteiger charge is 2.21. The molecule has 0 aromatic heterocycles. The number of hydrogen-bond acceptors (Lipinski definition) is 2. The molecule has 3 aromatic carbocycles. The fourth-order valence-electron chi connectivity index (χ4n) is 3.76. The van der Waals surface area contributed by atoms with Crippen LogP contribution in [0.4, 0.5) is 21.9 Å². The van der Waals surface area contributed by atoms with Gasteiger partial charge in [-0.15, -0.1) is 0 Å². The maximum atomic E-state index is 12.9. The Kier molecular flexibility index (Phi) is 6.23. The fraction of sp³-hybridized carbons (Fsp3) is 0.200. The standard InChI is InChI=1S/C25H24ClN3O2/c1-17-16-20(26)11-14-22(17)28-24(30)19-9-12-21(13-10-19)27-25(31)29-15-5-4-7-18-6-2-3-8-23(18)29/h2-3,6,8-14,16H,4-5,7,15H2,1H3,(H,27,31)(H,28,30). The molecular weight excluding hydrogens is 410 g/mol. The van der Waals surface area contributed by atoms with E-state index >= 15 is 0 Å². The predicted molar refractivity (Wildman–Crippen MR) is 126 cm³/mol. The first kappa shape index (κ1) is 20.9. The number of rotatable bonds is 3. The number of aryl methyl sites for hydroxylation is 2. The number of anilines is 3. The van der Waals surface area contributed by atoms with Crippen LogP contribution in [-0.4, -0.2) is 18.5 Å². The Morgan fingerprint density at radius 1 is 0.935 bits per heavy atom. The molecule has 0 unspecified atom stereocenters. The molecule has 31 heavy (non-hydrogen) atoms. The van der Waals surface area contributed by atoms with Gasteiger partial charge in [-0.05, 0) is 85.8 Å². The topological polar surface area (TPSA) is 61.4 Å². The van der Waals surface area contributed by atoms with E-state index in [2.05, 4.69) is 16.7 Å². The second-order valence-corrected chi connectivity index (χ2v) is 8.09. The number of carbonyl (C=O) groups is 2. The third kappa shape index (κ3) is 4.89. The molecule has 0 spiro atoms. The minimum Gasteiger partial charge on any atom is -0.322 e. The lowest BCUT2D eigenvalue weighted by Crippen LogP contribution is -2.35. The molecule has 0 saturated carbocycles. The third-order valence-corrected chi connectivity index (χ3v) is 5.68. The van der Waals surface area contributed by atoms with Crippen molar-refractivity contribution in [3.05, 3.63) is 88.4 Å². The lowest BCUT2D eigenvalue weighted by atomic mass is 10.1. The van der Waals surface area contributed by atoms with Crippen molar-refractivity contribution in [3.8, 4) is 0 Å². The first-order valence-electron chi connectivity index (χ1n) is 10.4. The molecule has 0 radical (unpaired) electrons. The summed E-state index contributed by atoms with van der Waals surface area (Å²) < 4.78 is 0. The third-order valence-electron chi connectivity index (χ3n) is 5.44. The van der Waals surface area contributed by atoms with Gasteiger partial charge in [-0.3, -0.25) is 9.69 Å². The summed E-state index contributed by atoms with van der Waals surface area (Å²) in [5, 5.41) is 6.47. The van der Waals surface area contributed by atoms with Gasteiger partial charge in [0, 0.05) is 34.2 Å². The quantitative estimate of drug-likeness (QED) is 0.510. The van der Waals surface area contributed by atoms with Crippen molar-refractivity contribution in [1.82, 2.24) is 0 Å². The van der Waals surface area contributed by atoms with Gasteiger partial charge < -0.3 is 10.6 Å². The van der Waals surface area contributed by atoms with Crippen molar-refractivity contribution >= 4 is 40.6 Å². The minimum atomic E-state index is -0.218. The van der Waals surface area contributed by atoms with E-state index in [0.717, 1.165) is 30.5 Å². The van der Waals surface area contributed by atoms with Gasteiger partial charge in [-0.2, -0.15) is 0 Å². The average Bonchev–Trinajstić information content (AvgIpc) is 2.99. The van der Waals surface area contributed by atoms with Crippen LogP contribution in [0.2, 0.25) is 5.02 Å². The molecule has 6 heteroatoms. The molecule has 4 rings (SSSR count). The van der Waals surface area contributed by atoms with Crippen LogP contribution in [0.1, 0.15) is 34.3 Å². The van der Waals surface area contributed by atoms with Crippen LogP contribution >= 0.6 is 11.6 Å². The normalized spacial score (nSPS) is 13.2. The summed E-state index contributed by atoms with van der Waals surface area (Å²) >= 11 is 5.97. The van der Waals surface area contributed by atoms with Crippen molar-refractivity contribution in [1.29, 1.82) is 0 Å². The molecule has 5 nitrogen and oxygen atoms in total. The Bertz CT molecular complexity index is 1110. The molecule has 3 aromatic rings. The van der Waals surface area contributed by atoms with Crippen LogP contribution in [0.25, 0.3) is 0 Å². The number of halogens is 1. The van der Waals surface area contributed by atoms with E-state index in [9.17, 15) is 9.59 Å². The number of carbonyl (C=O) groups excluding carboxylic acids is 2. The lowest BCUT2D eigenvalue weighted by Gasteiger charge is -2.23. The lowest BCUT2D eigenvalue weighted by molar-refractivity contribution is 0.102. The molecular formula is C25H24ClN3O2. The molecule has 3 amide bonds. The number of urea groups is 1. The SMILES string of the molecule is Cc1cc(Cl)ccc1NC(=O)c1ccc(NC(=O)N2CCCCc3ccccc32)cc1. The molecule has 2 N–H and O–H groups in total. The molecule has 1 aliphatic heterocycles. The van der Waals surface area contributed by atoms with Crippen molar-refractivity contribution in [2.75, 3.05) is 22.1 Å². The van der Waals surface area contributed by atoms with Gasteiger partial charge in [-0.25, -0.2) is 4.79 Å². The predicted octanol–water partition coefficient (Wildman–Crippen LogP) is 6.28. The van der Waals surface area contributed by atoms with E-state index in [-0.39, 0.29) is 11.9 Å². The zero-order valence-electron chi connectivity index (χ0n) is 17.3. The Morgan fingerprint density at radius 2 is 1.71 bits per heavy atom. The summed E-state index contributed by atoms with van der Waals surface area (Å²) in [4.78, 5) is 27.3. The Labute approximate surface area is 187 Å². The van der Waals surface area contributed by atoms with Gasteiger partial charge in [0.15, 0.2) is 0 Å². The summed E-state index contributed by atoms with van der Waals surface area (Å²) in [6.45, 7) is 2.57. The van der Waals surface area contributed by atoms with Crippen molar-refractivity contribution in [2.45, 2.75) is 26.2 Å². The largest absolute Gasteiger partial charge is 0.326 e. The molecule has 1 aliphatic rings. The highest BCUT2D eigenvalue weighted by Crippen LogP contribution is 2.27. The van der Waals surface area contributed by atoms with Crippen molar-refractivity contribution in [2.24, 2.45) is 0 Å². The summed E-state index contributed by atoms with van der Waals surface area (Å²) in [5.74, 6) is -0.218. The van der Waals surface area contributed by atoms with E-state index in [1.807, 2.05) is 25.1 Å². The first-order valence-corrected chi connectivity index (χ1v) is 10.7. The molecule has 0 atom stereocenters. The number of benzene rings is 3. The van der Waals surface area contributed by atoms with Gasteiger partial charge in [0.2, 0.25) is 0 Å². The monoisotopic (exact) mass is 433 g/mol. The zero-order valence-corrected chi connectivity index (χ0v) is 18.1. The molecule has 0 saturated heterocycles. The summed E-state index contributed by atoms with van der Waals surface area (Å²) in [6.07, 6.45) is 3.01. The maximum absolute atomic E-state index is 12.9. The van der Waals surface area contributed by atoms with Gasteiger partial charge in [0.05, 0.1) is 0 Å². The van der Waals surface area contributed by atoms with Crippen LogP contribution in [0.5, 0.6) is 0 Å². The highest BCUT2D eigenvalue weighted by molar-refractivity contribution is 6.30. The summed E-state index contributed by atoms with van der Waals surface area (Å²) in [7, 11) is 0. The van der Waals surface area contributed by atoms with Crippen LogP contribution < -0.4 is 15.5 Å². The number of nitrogens with one attached hydrogen (secondary N) is 2. The van der Waals surface area contributed by atoms with Crippen LogP contribution in [0, 0.1) is 6.92 Å². The Morgan fingerprint density at radius 3 is 2.48 bits per heavy atom. The van der Waals surface area contributed by atoms with E-state index in [4.69, 9.17) is 11.6 Å². The Balaban J connectivity index is 1.44. The van der Waals surface area contributed by atoms with Crippen LogP contribution in [0.3, 0.4) is 0 Å². The van der Waals surface area contributed by atoms with Gasteiger partial charge in [-0.1, -0.05) is 29.8 Å². The molecule has 0 fully saturated rings. The highest BCUT2D eigenvalue weighted by atomic mass is 35.5. The second-order valence-electron chi connectivity index (χ2n) is 7.66. The molecule has 0 bridgehead atoms. The number of amides is 3. The second kappa shape index (κ2) is 9.23. The minimum absolute atomic E-state index is 0.164. The van der Waals surface area contributed by atoms with E-state index in [0.29, 0.717) is 28.5 Å². The number of fused-ring (bicyclic) bond motifs is 1. The number of nitrogens with zero attached hydrogens (tertiary/aromatic N) is 1. The molecule has 158 valence electrons. The Hall–Kier alpha value is -3.31. The zero-order chi connectivity index (χ0) is 21.8. The number of hydrogen-bond donors (Lipinski definition) is 2. The van der Waals surface area contributed by atoms with Gasteiger partial charge >= 0.3 is 6.03 Å². The average molecular weight is 434 g/mol. The number of para-hydroxylation sites is 1. The van der Waals surface area contributed by atoms with Gasteiger partial charge in [0.1, 0.15) is 0 Å². The van der Waals surface area contributed by atoms with E-state index < -0.39 is 0 Å². The van der Waals surface area contributed by atoms with E-state index in [1.165, 1.54) is 5.56 Å². The summed E-state index contributed by atoms with van der Waals surface area (Å²) in [6, 6.07) is 20.1. The van der Waals surface area contributed by atoms with Crippen molar-refractivity contribution in [3.63, 3.8) is 0 Å². The van der Waals surface area contributed by atoms with Crippen LogP contribution in [0.15, 0.2) is 66.7 Å². The molecule has 1 heterocycles. The smallest absolute Gasteiger partial charge is 0.322 e. The first-order chi connectivity index (χ1) is 15.0. The molecule has 0 aliphatic carbocycles. The van der Waals surface area contributed by atoms with E-state index in [1.54, 1.807) is 47.4 Å². The van der Waals surface area contributed by atoms with Crippen molar-refractivity contribution < 1.29 is 9.59 Å². The van der Waals surface area contributed by atoms with Gasteiger partial charge in [0.25, 0.3) is 5.91 Å². The van der Waals surface area contributed by atoms with Crippen LogP contribution in [-0.2, 0) is 6.42 Å². The maximum Gasteiger partial charge on any atom is 0.326 e.